The monoisotopic (exact) mass is 360 g/mol. The Bertz CT molecular complexity index is 786. The molecule has 0 atom stereocenters. The fourth-order valence-corrected chi connectivity index (χ4v) is 3.47. The molecule has 1 saturated heterocycles. The van der Waals surface area contributed by atoms with Gasteiger partial charge >= 0.3 is 0 Å². The number of benzene rings is 2. The maximum Gasteiger partial charge on any atom is 0.271 e. The maximum atomic E-state index is 10.8. The Morgan fingerprint density at radius 2 is 1.88 bits per heavy atom. The van der Waals surface area contributed by atoms with Crippen molar-refractivity contribution in [2.75, 3.05) is 18.0 Å². The van der Waals surface area contributed by atoms with Gasteiger partial charge in [0.15, 0.2) is 0 Å². The molecule has 132 valence electrons. The van der Waals surface area contributed by atoms with Gasteiger partial charge in [-0.05, 0) is 31.5 Å². The lowest BCUT2D eigenvalue weighted by Gasteiger charge is -2.34. The van der Waals surface area contributed by atoms with Gasteiger partial charge in [0.25, 0.3) is 5.69 Å². The highest BCUT2D eigenvalue weighted by molar-refractivity contribution is 6.32. The molecule has 2 aromatic carbocycles. The maximum absolute atomic E-state index is 10.8. The van der Waals surface area contributed by atoms with E-state index in [0.717, 1.165) is 25.9 Å². The molecule has 0 spiro atoms. The highest BCUT2D eigenvalue weighted by Gasteiger charge is 2.23. The Morgan fingerprint density at radius 3 is 2.48 bits per heavy atom. The number of hydrogen-bond donors (Lipinski definition) is 0. The minimum absolute atomic E-state index is 0.0259. The molecule has 25 heavy (non-hydrogen) atoms. The standard InChI is InChI=1S/C19H21ClN2O3/c1-13-3-5-18(14(2)11-13)21-9-7-16(8-10-21)25-19-6-4-15(22(23)24)12-17(19)20/h3-6,11-12,16H,7-10H2,1-2H3. The summed E-state index contributed by atoms with van der Waals surface area (Å²) in [5.74, 6) is 0.511. The molecular weight excluding hydrogens is 340 g/mol. The van der Waals surface area contributed by atoms with Crippen LogP contribution in [0.15, 0.2) is 36.4 Å². The summed E-state index contributed by atoms with van der Waals surface area (Å²) in [7, 11) is 0. The van der Waals surface area contributed by atoms with Crippen molar-refractivity contribution in [3.8, 4) is 5.75 Å². The molecule has 2 aromatic rings. The SMILES string of the molecule is Cc1ccc(N2CCC(Oc3ccc([N+](=O)[O-])cc3Cl)CC2)c(C)c1. The van der Waals surface area contributed by atoms with E-state index in [4.69, 9.17) is 16.3 Å². The van der Waals surface area contributed by atoms with Crippen molar-refractivity contribution in [1.29, 1.82) is 0 Å². The van der Waals surface area contributed by atoms with Gasteiger partial charge in [-0.2, -0.15) is 0 Å². The van der Waals surface area contributed by atoms with Crippen molar-refractivity contribution < 1.29 is 9.66 Å². The quantitative estimate of drug-likeness (QED) is 0.574. The summed E-state index contributed by atoms with van der Waals surface area (Å²) in [4.78, 5) is 12.7. The van der Waals surface area contributed by atoms with Crippen molar-refractivity contribution in [3.05, 3.63) is 62.7 Å². The van der Waals surface area contributed by atoms with Crippen LogP contribution in [0.25, 0.3) is 0 Å². The number of non-ortho nitro benzene ring substituents is 1. The van der Waals surface area contributed by atoms with E-state index in [-0.39, 0.29) is 16.8 Å². The summed E-state index contributed by atoms with van der Waals surface area (Å²) < 4.78 is 5.97. The Kier molecular flexibility index (Phi) is 5.13. The molecule has 0 unspecified atom stereocenters. The number of anilines is 1. The number of hydrogen-bond acceptors (Lipinski definition) is 4. The van der Waals surface area contributed by atoms with Crippen LogP contribution in [0.4, 0.5) is 11.4 Å². The second kappa shape index (κ2) is 7.31. The molecule has 0 aliphatic carbocycles. The zero-order valence-corrected chi connectivity index (χ0v) is 15.1. The fraction of sp³-hybridized carbons (Fsp3) is 0.368. The van der Waals surface area contributed by atoms with Gasteiger partial charge in [0.2, 0.25) is 0 Å². The van der Waals surface area contributed by atoms with E-state index in [1.54, 1.807) is 6.07 Å². The van der Waals surface area contributed by atoms with E-state index in [1.807, 2.05) is 0 Å². The number of nitro groups is 1. The molecule has 0 bridgehead atoms. The zero-order valence-electron chi connectivity index (χ0n) is 14.4. The Morgan fingerprint density at radius 1 is 1.16 bits per heavy atom. The number of aryl methyl sites for hydroxylation is 2. The summed E-state index contributed by atoms with van der Waals surface area (Å²) in [5, 5.41) is 11.1. The van der Waals surface area contributed by atoms with Crippen LogP contribution in [0.2, 0.25) is 5.02 Å². The van der Waals surface area contributed by atoms with Crippen molar-refractivity contribution in [1.82, 2.24) is 0 Å². The molecule has 0 amide bonds. The van der Waals surface area contributed by atoms with Gasteiger partial charge in [-0.25, -0.2) is 0 Å². The number of nitro benzene ring substituents is 1. The highest BCUT2D eigenvalue weighted by atomic mass is 35.5. The second-order valence-electron chi connectivity index (χ2n) is 6.47. The Hall–Kier alpha value is -2.27. The van der Waals surface area contributed by atoms with E-state index < -0.39 is 4.92 Å². The molecule has 1 aliphatic heterocycles. The van der Waals surface area contributed by atoms with Gasteiger partial charge in [-0.15, -0.1) is 0 Å². The predicted molar refractivity (Wildman–Crippen MR) is 99.9 cm³/mol. The van der Waals surface area contributed by atoms with E-state index in [0.29, 0.717) is 5.75 Å². The lowest BCUT2D eigenvalue weighted by molar-refractivity contribution is -0.384. The summed E-state index contributed by atoms with van der Waals surface area (Å²) in [6.45, 7) is 6.07. The molecule has 5 nitrogen and oxygen atoms in total. The third kappa shape index (κ3) is 4.04. The van der Waals surface area contributed by atoms with Gasteiger partial charge < -0.3 is 9.64 Å². The molecule has 1 heterocycles. The van der Waals surface area contributed by atoms with E-state index >= 15 is 0 Å². The smallest absolute Gasteiger partial charge is 0.271 e. The fourth-order valence-electron chi connectivity index (χ4n) is 3.25. The summed E-state index contributed by atoms with van der Waals surface area (Å²) in [6.07, 6.45) is 1.85. The van der Waals surface area contributed by atoms with E-state index in [9.17, 15) is 10.1 Å². The third-order valence-electron chi connectivity index (χ3n) is 4.55. The Balaban J connectivity index is 1.62. The van der Waals surface area contributed by atoms with E-state index in [2.05, 4.69) is 36.9 Å². The average Bonchev–Trinajstić information content (AvgIpc) is 2.57. The van der Waals surface area contributed by atoms with Gasteiger partial charge in [0, 0.05) is 43.8 Å². The minimum Gasteiger partial charge on any atom is -0.489 e. The molecule has 6 heteroatoms. The summed E-state index contributed by atoms with van der Waals surface area (Å²) in [5.41, 5.74) is 3.81. The normalized spacial score (nSPS) is 15.2. The first-order valence-electron chi connectivity index (χ1n) is 8.37. The lowest BCUT2D eigenvalue weighted by atomic mass is 10.0. The molecule has 1 fully saturated rings. The van der Waals surface area contributed by atoms with Crippen LogP contribution in [-0.4, -0.2) is 24.1 Å². The Labute approximate surface area is 152 Å². The van der Waals surface area contributed by atoms with Crippen molar-refractivity contribution in [3.63, 3.8) is 0 Å². The van der Waals surface area contributed by atoms with Crippen molar-refractivity contribution in [2.45, 2.75) is 32.8 Å². The molecule has 0 saturated carbocycles. The van der Waals surface area contributed by atoms with Crippen LogP contribution in [0, 0.1) is 24.0 Å². The van der Waals surface area contributed by atoms with Crippen LogP contribution in [0.3, 0.4) is 0 Å². The van der Waals surface area contributed by atoms with Gasteiger partial charge in [0.05, 0.1) is 9.95 Å². The lowest BCUT2D eigenvalue weighted by Crippen LogP contribution is -2.38. The van der Waals surface area contributed by atoms with Crippen LogP contribution >= 0.6 is 11.6 Å². The molecule has 0 aromatic heterocycles. The van der Waals surface area contributed by atoms with E-state index in [1.165, 1.54) is 28.9 Å². The van der Waals surface area contributed by atoms with Crippen LogP contribution < -0.4 is 9.64 Å². The average molecular weight is 361 g/mol. The summed E-state index contributed by atoms with van der Waals surface area (Å²) >= 11 is 6.11. The second-order valence-corrected chi connectivity index (χ2v) is 6.87. The van der Waals surface area contributed by atoms with Gasteiger partial charge in [0.1, 0.15) is 11.9 Å². The van der Waals surface area contributed by atoms with Crippen LogP contribution in [0.1, 0.15) is 24.0 Å². The first kappa shape index (κ1) is 17.5. The molecule has 0 radical (unpaired) electrons. The largest absolute Gasteiger partial charge is 0.489 e. The zero-order chi connectivity index (χ0) is 18.0. The number of rotatable bonds is 4. The van der Waals surface area contributed by atoms with Crippen LogP contribution in [-0.2, 0) is 0 Å². The number of ether oxygens (including phenoxy) is 1. The molecule has 0 N–H and O–H groups in total. The minimum atomic E-state index is -0.460. The topological polar surface area (TPSA) is 55.6 Å². The van der Waals surface area contributed by atoms with Crippen LogP contribution in [0.5, 0.6) is 5.75 Å². The number of piperidine rings is 1. The van der Waals surface area contributed by atoms with Gasteiger partial charge in [-0.1, -0.05) is 29.3 Å². The molecular formula is C19H21ClN2O3. The van der Waals surface area contributed by atoms with Crippen molar-refractivity contribution >= 4 is 23.0 Å². The van der Waals surface area contributed by atoms with Crippen molar-refractivity contribution in [2.24, 2.45) is 0 Å². The molecule has 1 aliphatic rings. The summed E-state index contributed by atoms with van der Waals surface area (Å²) in [6, 6.07) is 10.9. The number of halogens is 1. The predicted octanol–water partition coefficient (Wildman–Crippen LogP) is 4.91. The van der Waals surface area contributed by atoms with Gasteiger partial charge in [-0.3, -0.25) is 10.1 Å². The number of nitrogens with zero attached hydrogens (tertiary/aromatic N) is 2. The molecule has 3 rings (SSSR count). The first-order valence-corrected chi connectivity index (χ1v) is 8.74. The highest BCUT2D eigenvalue weighted by Crippen LogP contribution is 2.32. The third-order valence-corrected chi connectivity index (χ3v) is 4.85. The first-order chi connectivity index (χ1) is 11.9.